The highest BCUT2D eigenvalue weighted by Gasteiger charge is 2.29. The number of nitrogens with zero attached hydrogens (tertiary/aromatic N) is 2. The molecular weight excluding hydrogens is 238 g/mol. The van der Waals surface area contributed by atoms with Crippen molar-refractivity contribution in [1.29, 1.82) is 0 Å². The number of thiazole rings is 1. The summed E-state index contributed by atoms with van der Waals surface area (Å²) in [5.74, 6) is -0.400. The Kier molecular flexibility index (Phi) is 2.29. The summed E-state index contributed by atoms with van der Waals surface area (Å²) in [5, 5.41) is 1.62. The van der Waals surface area contributed by atoms with Gasteiger partial charge in [-0.25, -0.2) is 4.98 Å². The molecule has 0 atom stereocenters. The SMILES string of the molecule is O=C1CCC(=O)N1Nc1nc2ccccc2s1. The first-order valence-corrected chi connectivity index (χ1v) is 6.04. The van der Waals surface area contributed by atoms with Crippen LogP contribution < -0.4 is 5.43 Å². The Morgan fingerprint density at radius 1 is 1.18 bits per heavy atom. The van der Waals surface area contributed by atoms with Crippen LogP contribution in [0.3, 0.4) is 0 Å². The second-order valence-corrected chi connectivity index (χ2v) is 4.75. The Bertz CT molecular complexity index is 559. The molecule has 3 rings (SSSR count). The minimum absolute atomic E-state index is 0.200. The molecule has 86 valence electrons. The maximum atomic E-state index is 11.4. The van der Waals surface area contributed by atoms with Gasteiger partial charge < -0.3 is 0 Å². The lowest BCUT2D eigenvalue weighted by Gasteiger charge is -2.13. The van der Waals surface area contributed by atoms with Gasteiger partial charge in [-0.1, -0.05) is 23.5 Å². The van der Waals surface area contributed by atoms with Crippen LogP contribution in [0.2, 0.25) is 0 Å². The standard InChI is InChI=1S/C11H9N3O2S/c15-9-5-6-10(16)14(9)13-11-12-7-3-1-2-4-8(7)17-11/h1-4H,5-6H2,(H,12,13). The summed E-state index contributed by atoms with van der Waals surface area (Å²) in [6.07, 6.45) is 0.549. The molecule has 1 aliphatic heterocycles. The van der Waals surface area contributed by atoms with Crippen molar-refractivity contribution in [2.75, 3.05) is 5.43 Å². The topological polar surface area (TPSA) is 62.3 Å². The van der Waals surface area contributed by atoms with Gasteiger partial charge in [0.05, 0.1) is 10.2 Å². The Balaban J connectivity index is 1.89. The highest BCUT2D eigenvalue weighted by atomic mass is 32.1. The van der Waals surface area contributed by atoms with Gasteiger partial charge in [-0.15, -0.1) is 0 Å². The van der Waals surface area contributed by atoms with Crippen LogP contribution in [0.5, 0.6) is 0 Å². The van der Waals surface area contributed by atoms with E-state index in [0.717, 1.165) is 15.2 Å². The largest absolute Gasteiger partial charge is 0.273 e. The molecule has 1 saturated heterocycles. The molecule has 1 N–H and O–H groups in total. The van der Waals surface area contributed by atoms with Crippen LogP contribution >= 0.6 is 11.3 Å². The third-order valence-corrected chi connectivity index (χ3v) is 3.49. The highest BCUT2D eigenvalue weighted by Crippen LogP contribution is 2.26. The number of anilines is 1. The van der Waals surface area contributed by atoms with Gasteiger partial charge in [-0.3, -0.25) is 15.0 Å². The van der Waals surface area contributed by atoms with Gasteiger partial charge in [0.2, 0.25) is 16.9 Å². The number of para-hydroxylation sites is 1. The molecule has 0 saturated carbocycles. The Labute approximate surface area is 101 Å². The molecule has 5 nitrogen and oxygen atoms in total. The van der Waals surface area contributed by atoms with E-state index < -0.39 is 0 Å². The molecule has 0 aliphatic carbocycles. The lowest BCUT2D eigenvalue weighted by molar-refractivity contribution is -0.136. The molecule has 6 heteroatoms. The Morgan fingerprint density at radius 3 is 2.59 bits per heavy atom. The minimum atomic E-state index is -0.200. The van der Waals surface area contributed by atoms with Crippen molar-refractivity contribution in [3.63, 3.8) is 0 Å². The number of nitrogens with one attached hydrogen (secondary N) is 1. The van der Waals surface area contributed by atoms with Crippen molar-refractivity contribution in [2.45, 2.75) is 12.8 Å². The predicted molar refractivity (Wildman–Crippen MR) is 64.3 cm³/mol. The number of fused-ring (bicyclic) bond motifs is 1. The molecule has 1 aromatic carbocycles. The van der Waals surface area contributed by atoms with Crippen LogP contribution in [0.15, 0.2) is 24.3 Å². The minimum Gasteiger partial charge on any atom is -0.273 e. The molecule has 1 aromatic heterocycles. The van der Waals surface area contributed by atoms with Crippen molar-refractivity contribution >= 4 is 38.5 Å². The maximum absolute atomic E-state index is 11.4. The van der Waals surface area contributed by atoms with E-state index in [9.17, 15) is 9.59 Å². The first-order valence-electron chi connectivity index (χ1n) is 5.22. The van der Waals surface area contributed by atoms with E-state index in [1.807, 2.05) is 24.3 Å². The van der Waals surface area contributed by atoms with E-state index in [2.05, 4.69) is 10.4 Å². The lowest BCUT2D eigenvalue weighted by atomic mass is 10.3. The molecule has 0 bridgehead atoms. The molecule has 0 radical (unpaired) electrons. The number of carbonyl (C=O) groups excluding carboxylic acids is 2. The maximum Gasteiger partial charge on any atom is 0.248 e. The molecule has 17 heavy (non-hydrogen) atoms. The number of rotatable bonds is 2. The van der Waals surface area contributed by atoms with Crippen LogP contribution in [0.1, 0.15) is 12.8 Å². The second kappa shape index (κ2) is 3.81. The van der Waals surface area contributed by atoms with Gasteiger partial charge in [-0.05, 0) is 12.1 Å². The van der Waals surface area contributed by atoms with Crippen LogP contribution in [0.25, 0.3) is 10.2 Å². The first-order chi connectivity index (χ1) is 8.24. The molecule has 2 heterocycles. The summed E-state index contributed by atoms with van der Waals surface area (Å²) in [4.78, 5) is 27.2. The zero-order chi connectivity index (χ0) is 11.8. The van der Waals surface area contributed by atoms with Crippen LogP contribution in [-0.2, 0) is 9.59 Å². The zero-order valence-electron chi connectivity index (χ0n) is 8.84. The molecule has 0 unspecified atom stereocenters. The van der Waals surface area contributed by atoms with E-state index in [4.69, 9.17) is 0 Å². The Hall–Kier alpha value is -1.95. The van der Waals surface area contributed by atoms with Crippen LogP contribution in [0, 0.1) is 0 Å². The summed E-state index contributed by atoms with van der Waals surface area (Å²) < 4.78 is 1.02. The summed E-state index contributed by atoms with van der Waals surface area (Å²) >= 11 is 1.42. The van der Waals surface area contributed by atoms with Crippen molar-refractivity contribution in [3.05, 3.63) is 24.3 Å². The average molecular weight is 247 g/mol. The van der Waals surface area contributed by atoms with E-state index in [-0.39, 0.29) is 24.7 Å². The molecular formula is C11H9N3O2S. The summed E-state index contributed by atoms with van der Waals surface area (Å²) in [6.45, 7) is 0. The third-order valence-electron chi connectivity index (χ3n) is 2.55. The summed E-state index contributed by atoms with van der Waals surface area (Å²) in [6, 6.07) is 7.67. The van der Waals surface area contributed by atoms with Crippen molar-refractivity contribution in [3.8, 4) is 0 Å². The fourth-order valence-corrected chi connectivity index (χ4v) is 2.57. The molecule has 0 spiro atoms. The van der Waals surface area contributed by atoms with Gasteiger partial charge in [0, 0.05) is 12.8 Å². The van der Waals surface area contributed by atoms with E-state index >= 15 is 0 Å². The fourth-order valence-electron chi connectivity index (χ4n) is 1.72. The number of benzene rings is 1. The predicted octanol–water partition coefficient (Wildman–Crippen LogP) is 1.77. The molecule has 2 amide bonds. The number of hydrazine groups is 1. The normalized spacial score (nSPS) is 15.9. The van der Waals surface area contributed by atoms with Gasteiger partial charge >= 0.3 is 0 Å². The van der Waals surface area contributed by atoms with Crippen LogP contribution in [-0.4, -0.2) is 21.8 Å². The quantitative estimate of drug-likeness (QED) is 0.821. The zero-order valence-corrected chi connectivity index (χ0v) is 9.66. The number of carbonyl (C=O) groups is 2. The first kappa shape index (κ1) is 10.2. The highest BCUT2D eigenvalue weighted by molar-refractivity contribution is 7.22. The van der Waals surface area contributed by atoms with Crippen LogP contribution in [0.4, 0.5) is 5.13 Å². The molecule has 2 aromatic rings. The van der Waals surface area contributed by atoms with Crippen molar-refractivity contribution < 1.29 is 9.59 Å². The number of imide groups is 1. The fraction of sp³-hybridized carbons (Fsp3) is 0.182. The van der Waals surface area contributed by atoms with E-state index in [1.54, 1.807) is 0 Å². The average Bonchev–Trinajstić information content (AvgIpc) is 2.87. The summed E-state index contributed by atoms with van der Waals surface area (Å²) in [7, 11) is 0. The number of aromatic nitrogens is 1. The lowest BCUT2D eigenvalue weighted by Crippen LogP contribution is -2.34. The third kappa shape index (κ3) is 1.76. The monoisotopic (exact) mass is 247 g/mol. The molecule has 1 fully saturated rings. The molecule has 1 aliphatic rings. The van der Waals surface area contributed by atoms with Gasteiger partial charge in [0.1, 0.15) is 0 Å². The number of hydrogen-bond acceptors (Lipinski definition) is 5. The number of amides is 2. The van der Waals surface area contributed by atoms with Crippen molar-refractivity contribution in [2.24, 2.45) is 0 Å². The smallest absolute Gasteiger partial charge is 0.248 e. The van der Waals surface area contributed by atoms with E-state index in [0.29, 0.717) is 5.13 Å². The second-order valence-electron chi connectivity index (χ2n) is 3.72. The van der Waals surface area contributed by atoms with Gasteiger partial charge in [0.15, 0.2) is 0 Å². The summed E-state index contributed by atoms with van der Waals surface area (Å²) in [5.41, 5.74) is 3.63. The van der Waals surface area contributed by atoms with Gasteiger partial charge in [-0.2, -0.15) is 5.01 Å². The number of hydrogen-bond donors (Lipinski definition) is 1. The Morgan fingerprint density at radius 2 is 1.88 bits per heavy atom. The van der Waals surface area contributed by atoms with E-state index in [1.165, 1.54) is 11.3 Å². The van der Waals surface area contributed by atoms with Crippen molar-refractivity contribution in [1.82, 2.24) is 9.99 Å². The van der Waals surface area contributed by atoms with Gasteiger partial charge in [0.25, 0.3) is 0 Å².